The van der Waals surface area contributed by atoms with E-state index in [4.69, 9.17) is 4.74 Å². The van der Waals surface area contributed by atoms with Crippen LogP contribution in [0, 0.1) is 6.92 Å². The molecule has 3 amide bonds. The Balaban J connectivity index is 1.86. The van der Waals surface area contributed by atoms with Gasteiger partial charge in [0.05, 0.1) is 12.0 Å². The second-order valence-corrected chi connectivity index (χ2v) is 10.5. The minimum absolute atomic E-state index is 0.0358. The molecule has 3 rings (SSSR count). The number of hydrogen-bond acceptors (Lipinski definition) is 5. The molecule has 2 N–H and O–H groups in total. The van der Waals surface area contributed by atoms with E-state index in [9.17, 15) is 18.0 Å². The third kappa shape index (κ3) is 6.64. The molecule has 1 atom stereocenters. The number of likely N-dealkylation sites (N-methyl/N-ethyl adjacent to an activating group) is 1. The van der Waals surface area contributed by atoms with Gasteiger partial charge in [-0.15, -0.1) is 0 Å². The van der Waals surface area contributed by atoms with Gasteiger partial charge in [0.15, 0.2) is 0 Å². The molecule has 0 radical (unpaired) electrons. The summed E-state index contributed by atoms with van der Waals surface area (Å²) in [6.07, 6.45) is 0.176. The molecular formula is C26H28BrN3O5S. The van der Waals surface area contributed by atoms with Gasteiger partial charge in [0, 0.05) is 23.1 Å². The maximum absolute atomic E-state index is 13.6. The largest absolute Gasteiger partial charge is 0.497 e. The summed E-state index contributed by atoms with van der Waals surface area (Å²) < 4.78 is 33.6. The van der Waals surface area contributed by atoms with E-state index in [0.29, 0.717) is 28.0 Å². The van der Waals surface area contributed by atoms with E-state index in [1.165, 1.54) is 11.0 Å². The summed E-state index contributed by atoms with van der Waals surface area (Å²) in [7, 11) is -2.62. The molecule has 1 unspecified atom stereocenters. The minimum Gasteiger partial charge on any atom is -0.497 e. The molecule has 36 heavy (non-hydrogen) atoms. The Morgan fingerprint density at radius 2 is 1.67 bits per heavy atom. The van der Waals surface area contributed by atoms with E-state index in [1.54, 1.807) is 50.4 Å². The molecule has 3 aromatic rings. The quantitative estimate of drug-likeness (QED) is 0.394. The smallest absolute Gasteiger partial charge is 0.329 e. The standard InChI is InChI=1S/C26H28BrN3O5S/c1-4-30(20-13-15-21(35-3)16-14-20)25(31)23(17-19-9-6-5-7-10-19)28-26(32)29-36(33,34)24-12-8-11-22(27)18(24)2/h5-16,23H,4,17H2,1-3H3,(H2,28,29,32). The van der Waals surface area contributed by atoms with E-state index in [1.807, 2.05) is 42.0 Å². The molecule has 0 aromatic heterocycles. The second kappa shape index (κ2) is 12.0. The monoisotopic (exact) mass is 573 g/mol. The first-order valence-electron chi connectivity index (χ1n) is 11.2. The predicted molar refractivity (Wildman–Crippen MR) is 143 cm³/mol. The van der Waals surface area contributed by atoms with Crippen LogP contribution in [0.25, 0.3) is 0 Å². The summed E-state index contributed by atoms with van der Waals surface area (Å²) in [6, 6.07) is 18.8. The molecular weight excluding hydrogens is 546 g/mol. The van der Waals surface area contributed by atoms with Crippen molar-refractivity contribution in [1.29, 1.82) is 0 Å². The lowest BCUT2D eigenvalue weighted by Crippen LogP contribution is -2.53. The molecule has 0 saturated heterocycles. The van der Waals surface area contributed by atoms with Crippen molar-refractivity contribution in [3.8, 4) is 5.75 Å². The number of carbonyl (C=O) groups is 2. The van der Waals surface area contributed by atoms with Gasteiger partial charge >= 0.3 is 6.03 Å². The highest BCUT2D eigenvalue weighted by Crippen LogP contribution is 2.23. The maximum Gasteiger partial charge on any atom is 0.329 e. The van der Waals surface area contributed by atoms with Gasteiger partial charge in [-0.05, 0) is 61.4 Å². The maximum atomic E-state index is 13.6. The van der Waals surface area contributed by atoms with Crippen LogP contribution in [-0.2, 0) is 21.2 Å². The first-order chi connectivity index (χ1) is 17.2. The summed E-state index contributed by atoms with van der Waals surface area (Å²) in [5.74, 6) is 0.270. The predicted octanol–water partition coefficient (Wildman–Crippen LogP) is 4.42. The van der Waals surface area contributed by atoms with Crippen molar-refractivity contribution in [3.05, 3.63) is 88.4 Å². The molecule has 0 aliphatic heterocycles. The van der Waals surface area contributed by atoms with Crippen molar-refractivity contribution in [3.63, 3.8) is 0 Å². The van der Waals surface area contributed by atoms with Crippen LogP contribution in [0.15, 0.2) is 82.2 Å². The number of methoxy groups -OCH3 is 1. The highest BCUT2D eigenvalue weighted by Gasteiger charge is 2.29. The van der Waals surface area contributed by atoms with Crippen molar-refractivity contribution in [1.82, 2.24) is 10.0 Å². The van der Waals surface area contributed by atoms with Gasteiger partial charge in [-0.3, -0.25) is 4.79 Å². The number of anilines is 1. The molecule has 8 nitrogen and oxygen atoms in total. The Kier molecular flexibility index (Phi) is 9.11. The number of urea groups is 1. The molecule has 0 fully saturated rings. The number of ether oxygens (including phenoxy) is 1. The number of nitrogens with one attached hydrogen (secondary N) is 2. The van der Waals surface area contributed by atoms with Crippen LogP contribution in [0.3, 0.4) is 0 Å². The Hall–Kier alpha value is -3.37. The molecule has 0 heterocycles. The summed E-state index contributed by atoms with van der Waals surface area (Å²) in [4.78, 5) is 28.0. The van der Waals surface area contributed by atoms with Crippen molar-refractivity contribution in [2.45, 2.75) is 31.2 Å². The second-order valence-electron chi connectivity index (χ2n) is 7.96. The molecule has 0 bridgehead atoms. The topological polar surface area (TPSA) is 105 Å². The summed E-state index contributed by atoms with van der Waals surface area (Å²) in [5.41, 5.74) is 1.90. The SMILES string of the molecule is CCN(C(=O)C(Cc1ccccc1)NC(=O)NS(=O)(=O)c1cccc(Br)c1C)c1ccc(OC)cc1. The Bertz CT molecular complexity index is 1320. The highest BCUT2D eigenvalue weighted by molar-refractivity contribution is 9.10. The van der Waals surface area contributed by atoms with E-state index in [2.05, 4.69) is 21.2 Å². The molecule has 0 saturated carbocycles. The average Bonchev–Trinajstić information content (AvgIpc) is 2.86. The first kappa shape index (κ1) is 27.2. The van der Waals surface area contributed by atoms with Gasteiger partial charge in [-0.1, -0.05) is 52.3 Å². The normalized spacial score (nSPS) is 11.9. The van der Waals surface area contributed by atoms with Crippen molar-refractivity contribution < 1.29 is 22.7 Å². The summed E-state index contributed by atoms with van der Waals surface area (Å²) >= 11 is 3.31. The lowest BCUT2D eigenvalue weighted by molar-refractivity contribution is -0.120. The number of sulfonamides is 1. The molecule has 0 aliphatic carbocycles. The summed E-state index contributed by atoms with van der Waals surface area (Å²) in [6.45, 7) is 3.80. The third-order valence-electron chi connectivity index (χ3n) is 5.59. The molecule has 10 heteroatoms. The molecule has 0 aliphatic rings. The van der Waals surface area contributed by atoms with Crippen LogP contribution < -0.4 is 19.7 Å². The van der Waals surface area contributed by atoms with E-state index in [-0.39, 0.29) is 17.2 Å². The van der Waals surface area contributed by atoms with Crippen LogP contribution >= 0.6 is 15.9 Å². The Morgan fingerprint density at radius 1 is 1.00 bits per heavy atom. The Morgan fingerprint density at radius 3 is 2.28 bits per heavy atom. The first-order valence-corrected chi connectivity index (χ1v) is 13.5. The van der Waals surface area contributed by atoms with Gasteiger partial charge in [-0.2, -0.15) is 0 Å². The molecule has 3 aromatic carbocycles. The van der Waals surface area contributed by atoms with E-state index in [0.717, 1.165) is 5.56 Å². The third-order valence-corrected chi connectivity index (χ3v) is 7.92. The number of nitrogens with zero attached hydrogens (tertiary/aromatic N) is 1. The fraction of sp³-hybridized carbons (Fsp3) is 0.231. The van der Waals surface area contributed by atoms with Gasteiger partial charge in [0.2, 0.25) is 5.91 Å². The number of carbonyl (C=O) groups excluding carboxylic acids is 2. The van der Waals surface area contributed by atoms with Crippen LogP contribution in [0.4, 0.5) is 10.5 Å². The summed E-state index contributed by atoms with van der Waals surface area (Å²) in [5, 5.41) is 2.58. The molecule has 0 spiro atoms. The number of halogens is 1. The number of benzene rings is 3. The van der Waals surface area contributed by atoms with E-state index < -0.39 is 22.1 Å². The Labute approximate surface area is 219 Å². The van der Waals surface area contributed by atoms with Crippen molar-refractivity contribution in [2.75, 3.05) is 18.6 Å². The lowest BCUT2D eigenvalue weighted by Gasteiger charge is -2.27. The minimum atomic E-state index is -4.17. The van der Waals surface area contributed by atoms with Gasteiger partial charge in [0.25, 0.3) is 10.0 Å². The fourth-order valence-electron chi connectivity index (χ4n) is 3.71. The van der Waals surface area contributed by atoms with E-state index >= 15 is 0 Å². The number of hydrogen-bond donors (Lipinski definition) is 2. The van der Waals surface area contributed by atoms with Gasteiger partial charge in [-0.25, -0.2) is 17.9 Å². The van der Waals surface area contributed by atoms with Crippen molar-refractivity contribution >= 4 is 43.6 Å². The lowest BCUT2D eigenvalue weighted by atomic mass is 10.0. The van der Waals surface area contributed by atoms with Gasteiger partial charge in [0.1, 0.15) is 11.8 Å². The number of amides is 3. The van der Waals surface area contributed by atoms with Gasteiger partial charge < -0.3 is 15.0 Å². The zero-order valence-corrected chi connectivity index (χ0v) is 22.6. The fourth-order valence-corrected chi connectivity index (χ4v) is 5.39. The zero-order valence-electron chi connectivity index (χ0n) is 20.2. The van der Waals surface area contributed by atoms with Crippen molar-refractivity contribution in [2.24, 2.45) is 0 Å². The van der Waals surface area contributed by atoms with Crippen LogP contribution in [0.5, 0.6) is 5.75 Å². The number of rotatable bonds is 9. The molecule has 190 valence electrons. The zero-order chi connectivity index (χ0) is 26.3. The highest BCUT2D eigenvalue weighted by atomic mass is 79.9. The van der Waals surface area contributed by atoms with Crippen LogP contribution in [0.2, 0.25) is 0 Å². The van der Waals surface area contributed by atoms with Crippen LogP contribution in [-0.4, -0.2) is 40.1 Å². The average molecular weight is 574 g/mol. The van der Waals surface area contributed by atoms with Crippen LogP contribution in [0.1, 0.15) is 18.1 Å².